The molecule has 0 aromatic rings. The molecule has 4 unspecified atom stereocenters. The van der Waals surface area contributed by atoms with Crippen molar-refractivity contribution in [3.63, 3.8) is 0 Å². The van der Waals surface area contributed by atoms with E-state index in [1.54, 1.807) is 0 Å². The number of hydrogen-bond donors (Lipinski definition) is 1. The molecular weight excluding hydrogens is 184 g/mol. The van der Waals surface area contributed by atoms with Crippen LogP contribution in [0.3, 0.4) is 0 Å². The second kappa shape index (κ2) is 5.11. The van der Waals surface area contributed by atoms with Gasteiger partial charge in [0.05, 0.1) is 6.17 Å². The predicted molar refractivity (Wildman–Crippen MR) is 67.0 cm³/mol. The van der Waals surface area contributed by atoms with Crippen LogP contribution >= 0.6 is 0 Å². The number of aliphatic imine (C=N–C) groups is 1. The Kier molecular flexibility index (Phi) is 4.32. The van der Waals surface area contributed by atoms with E-state index in [-0.39, 0.29) is 6.17 Å². The molecule has 2 heteroatoms. The lowest BCUT2D eigenvalue weighted by molar-refractivity contribution is 0.232. The van der Waals surface area contributed by atoms with Gasteiger partial charge in [-0.1, -0.05) is 27.2 Å². The molecule has 0 bridgehead atoms. The molecule has 0 aromatic heterocycles. The Labute approximate surface area is 94.3 Å². The first-order valence-electron chi connectivity index (χ1n) is 6.27. The zero-order valence-corrected chi connectivity index (χ0v) is 10.7. The molecule has 1 rings (SSSR count). The molecule has 0 heterocycles. The minimum Gasteiger partial charge on any atom is -0.310 e. The van der Waals surface area contributed by atoms with Gasteiger partial charge in [0.1, 0.15) is 0 Å². The van der Waals surface area contributed by atoms with Gasteiger partial charge in [0.15, 0.2) is 0 Å². The molecule has 1 aliphatic carbocycles. The number of nitrogens with zero attached hydrogens (tertiary/aromatic N) is 1. The van der Waals surface area contributed by atoms with Gasteiger partial charge in [-0.05, 0) is 43.4 Å². The summed E-state index contributed by atoms with van der Waals surface area (Å²) in [5.41, 5.74) is 6.10. The van der Waals surface area contributed by atoms with Crippen LogP contribution in [0, 0.1) is 17.3 Å². The van der Waals surface area contributed by atoms with E-state index in [4.69, 9.17) is 5.73 Å². The summed E-state index contributed by atoms with van der Waals surface area (Å²) < 4.78 is 0. The van der Waals surface area contributed by atoms with Crippen LogP contribution < -0.4 is 5.73 Å². The molecular formula is C13H26N2. The summed E-state index contributed by atoms with van der Waals surface area (Å²) in [6, 6.07) is 0. The lowest BCUT2D eigenvalue weighted by Crippen LogP contribution is -2.19. The van der Waals surface area contributed by atoms with E-state index in [1.807, 2.05) is 13.1 Å². The highest BCUT2D eigenvalue weighted by atomic mass is 14.9. The predicted octanol–water partition coefficient (Wildman–Crippen LogP) is 3.21. The summed E-state index contributed by atoms with van der Waals surface area (Å²) in [4.78, 5) is 4.21. The van der Waals surface area contributed by atoms with Crippen molar-refractivity contribution < 1.29 is 0 Å². The molecule has 0 radical (unpaired) electrons. The van der Waals surface area contributed by atoms with Gasteiger partial charge in [-0.2, -0.15) is 0 Å². The second-order valence-electron chi connectivity index (χ2n) is 5.44. The van der Waals surface area contributed by atoms with E-state index in [0.717, 1.165) is 18.3 Å². The van der Waals surface area contributed by atoms with E-state index < -0.39 is 0 Å². The van der Waals surface area contributed by atoms with Crippen molar-refractivity contribution in [1.82, 2.24) is 0 Å². The zero-order chi connectivity index (χ0) is 11.5. The highest BCUT2D eigenvalue weighted by molar-refractivity contribution is 5.57. The maximum absolute atomic E-state index is 5.57. The quantitative estimate of drug-likeness (QED) is 0.672. The normalized spacial score (nSPS) is 31.5. The molecule has 4 atom stereocenters. The minimum absolute atomic E-state index is 0.0438. The fraction of sp³-hybridized carbons (Fsp3) is 0.923. The fourth-order valence-electron chi connectivity index (χ4n) is 2.55. The molecule has 1 saturated carbocycles. The monoisotopic (exact) mass is 210 g/mol. The van der Waals surface area contributed by atoms with E-state index in [1.165, 1.54) is 19.3 Å². The van der Waals surface area contributed by atoms with Crippen LogP contribution in [0.2, 0.25) is 0 Å². The summed E-state index contributed by atoms with van der Waals surface area (Å²) >= 11 is 0. The Balaban J connectivity index is 2.34. The van der Waals surface area contributed by atoms with Gasteiger partial charge in [0, 0.05) is 6.21 Å². The largest absolute Gasteiger partial charge is 0.310 e. The topological polar surface area (TPSA) is 38.4 Å². The van der Waals surface area contributed by atoms with Crippen LogP contribution in [0.25, 0.3) is 0 Å². The first-order chi connectivity index (χ1) is 6.99. The van der Waals surface area contributed by atoms with Crippen molar-refractivity contribution >= 4 is 6.21 Å². The second-order valence-corrected chi connectivity index (χ2v) is 5.44. The molecule has 1 fully saturated rings. The Morgan fingerprint density at radius 3 is 2.60 bits per heavy atom. The molecule has 88 valence electrons. The Hall–Kier alpha value is -0.370. The smallest absolute Gasteiger partial charge is 0.0936 e. The lowest BCUT2D eigenvalue weighted by atomic mass is 9.77. The highest BCUT2D eigenvalue weighted by Gasteiger charge is 2.45. The van der Waals surface area contributed by atoms with Crippen molar-refractivity contribution in [2.75, 3.05) is 0 Å². The maximum atomic E-state index is 5.57. The van der Waals surface area contributed by atoms with Crippen molar-refractivity contribution in [2.24, 2.45) is 28.0 Å². The third-order valence-corrected chi connectivity index (χ3v) is 4.00. The van der Waals surface area contributed by atoms with Gasteiger partial charge in [-0.25, -0.2) is 0 Å². The molecule has 0 saturated heterocycles. The van der Waals surface area contributed by atoms with Crippen LogP contribution in [-0.4, -0.2) is 12.4 Å². The number of nitrogens with two attached hydrogens (primary N) is 1. The van der Waals surface area contributed by atoms with Crippen LogP contribution in [0.5, 0.6) is 0 Å². The van der Waals surface area contributed by atoms with Crippen molar-refractivity contribution in [3.8, 4) is 0 Å². The average molecular weight is 210 g/mol. The number of hydrogen-bond acceptors (Lipinski definition) is 2. The third-order valence-electron chi connectivity index (χ3n) is 4.00. The number of rotatable bonds is 6. The zero-order valence-electron chi connectivity index (χ0n) is 10.7. The Bertz CT molecular complexity index is 223. The molecule has 2 nitrogen and oxygen atoms in total. The molecule has 15 heavy (non-hydrogen) atoms. The first kappa shape index (κ1) is 12.7. The van der Waals surface area contributed by atoms with Crippen molar-refractivity contribution in [2.45, 2.75) is 59.5 Å². The summed E-state index contributed by atoms with van der Waals surface area (Å²) in [6.45, 7) is 9.03. The first-order valence-corrected chi connectivity index (χ1v) is 6.27. The van der Waals surface area contributed by atoms with Gasteiger partial charge >= 0.3 is 0 Å². The SMILES string of the molecule is CCC(C)(CCC=NC(C)N)C1CC1C. The van der Waals surface area contributed by atoms with E-state index in [0.29, 0.717) is 5.41 Å². The summed E-state index contributed by atoms with van der Waals surface area (Å²) in [7, 11) is 0. The van der Waals surface area contributed by atoms with Gasteiger partial charge in [-0.15, -0.1) is 0 Å². The average Bonchev–Trinajstić information content (AvgIpc) is 2.90. The Morgan fingerprint density at radius 1 is 1.60 bits per heavy atom. The lowest BCUT2D eigenvalue weighted by Gasteiger charge is -2.28. The van der Waals surface area contributed by atoms with Crippen LogP contribution in [0.1, 0.15) is 53.4 Å². The highest BCUT2D eigenvalue weighted by Crippen LogP contribution is 2.54. The van der Waals surface area contributed by atoms with E-state index >= 15 is 0 Å². The van der Waals surface area contributed by atoms with E-state index in [2.05, 4.69) is 25.8 Å². The molecule has 0 aromatic carbocycles. The molecule has 0 spiro atoms. The van der Waals surface area contributed by atoms with Gasteiger partial charge in [-0.3, -0.25) is 4.99 Å². The standard InChI is InChI=1S/C13H26N2/c1-5-13(4,12-9-10(12)2)7-6-8-15-11(3)14/h8,10-12H,5-7,9,14H2,1-4H3. The summed E-state index contributed by atoms with van der Waals surface area (Å²) in [6.07, 6.45) is 7.01. The van der Waals surface area contributed by atoms with Crippen molar-refractivity contribution in [1.29, 1.82) is 0 Å². The fourth-order valence-corrected chi connectivity index (χ4v) is 2.55. The Morgan fingerprint density at radius 2 is 2.20 bits per heavy atom. The minimum atomic E-state index is -0.0438. The summed E-state index contributed by atoms with van der Waals surface area (Å²) in [5, 5.41) is 0. The van der Waals surface area contributed by atoms with Gasteiger partial charge in [0.25, 0.3) is 0 Å². The van der Waals surface area contributed by atoms with Crippen LogP contribution in [0.4, 0.5) is 0 Å². The molecule has 1 aliphatic rings. The third kappa shape index (κ3) is 3.60. The molecule has 0 amide bonds. The van der Waals surface area contributed by atoms with Crippen LogP contribution in [-0.2, 0) is 0 Å². The van der Waals surface area contributed by atoms with Crippen LogP contribution in [0.15, 0.2) is 4.99 Å². The molecule has 2 N–H and O–H groups in total. The van der Waals surface area contributed by atoms with Crippen molar-refractivity contribution in [3.05, 3.63) is 0 Å². The summed E-state index contributed by atoms with van der Waals surface area (Å²) in [5.74, 6) is 1.89. The van der Waals surface area contributed by atoms with Gasteiger partial charge < -0.3 is 5.73 Å². The van der Waals surface area contributed by atoms with E-state index in [9.17, 15) is 0 Å². The maximum Gasteiger partial charge on any atom is 0.0936 e. The molecule has 0 aliphatic heterocycles. The van der Waals surface area contributed by atoms with Gasteiger partial charge in [0.2, 0.25) is 0 Å².